The van der Waals surface area contributed by atoms with E-state index in [0.717, 1.165) is 0 Å². The van der Waals surface area contributed by atoms with E-state index in [1.807, 2.05) is 13.1 Å². The van der Waals surface area contributed by atoms with Gasteiger partial charge in [0.1, 0.15) is 0 Å². The summed E-state index contributed by atoms with van der Waals surface area (Å²) in [7, 11) is 0.255. The molecule has 0 heterocycles. The van der Waals surface area contributed by atoms with E-state index in [1.165, 1.54) is 19.4 Å². The fraction of sp³-hybridized carbons (Fsp3) is 0.500. The van der Waals surface area contributed by atoms with Crippen LogP contribution in [0.3, 0.4) is 0 Å². The topological polar surface area (TPSA) is 35.5 Å². The molecule has 0 aromatic rings. The molecule has 0 radical (unpaired) electrons. The van der Waals surface area contributed by atoms with Gasteiger partial charge in [-0.25, -0.2) is 4.79 Å². The first-order valence-corrected chi connectivity index (χ1v) is 5.85. The molecule has 58 valence electrons. The molecule has 0 aromatic heterocycles. The maximum atomic E-state index is 10.7. The van der Waals surface area contributed by atoms with Gasteiger partial charge in [-0.3, -0.25) is 0 Å². The Kier molecular flexibility index (Phi) is 4.66. The number of hydrogen-bond donors (Lipinski definition) is 0. The van der Waals surface area contributed by atoms with E-state index in [0.29, 0.717) is 0 Å². The second kappa shape index (κ2) is 5.05. The first kappa shape index (κ1) is 9.23. The third-order valence-corrected chi connectivity index (χ3v) is 1.40. The average Bonchev–Trinajstić information content (AvgIpc) is 1.82. The Labute approximate surface area is 62.4 Å². The summed E-state index contributed by atoms with van der Waals surface area (Å²) in [6, 6.07) is 0. The molecule has 0 rings (SSSR count). The van der Waals surface area contributed by atoms with Crippen LogP contribution in [0.2, 0.25) is 13.1 Å². The van der Waals surface area contributed by atoms with Gasteiger partial charge in [-0.15, -0.1) is 0 Å². The predicted octanol–water partition coefficient (Wildman–Crippen LogP) is 0.673. The van der Waals surface area contributed by atoms with Gasteiger partial charge in [-0.1, -0.05) is 0 Å². The van der Waals surface area contributed by atoms with E-state index >= 15 is 0 Å². The zero-order valence-corrected chi connectivity index (χ0v) is 7.61. The molecule has 0 atom stereocenters. The lowest BCUT2D eigenvalue weighted by Crippen LogP contribution is -2.12. The lowest BCUT2D eigenvalue weighted by atomic mass is 10.6. The highest BCUT2D eigenvalue weighted by molar-refractivity contribution is 6.50. The van der Waals surface area contributed by atoms with Crippen LogP contribution in [0.5, 0.6) is 0 Å². The van der Waals surface area contributed by atoms with Crippen molar-refractivity contribution in [3.8, 4) is 0 Å². The first-order chi connectivity index (χ1) is 4.66. The second-order valence-corrected chi connectivity index (χ2v) is 4.36. The summed E-state index contributed by atoms with van der Waals surface area (Å²) in [6.07, 6.45) is 2.58. The van der Waals surface area contributed by atoms with Crippen molar-refractivity contribution in [1.82, 2.24) is 0 Å². The van der Waals surface area contributed by atoms with Crippen molar-refractivity contribution in [3.05, 3.63) is 12.3 Å². The normalized spacial score (nSPS) is 10.4. The lowest BCUT2D eigenvalue weighted by Gasteiger charge is -2.02. The third kappa shape index (κ3) is 5.37. The van der Waals surface area contributed by atoms with Crippen molar-refractivity contribution < 1.29 is 14.0 Å². The van der Waals surface area contributed by atoms with Crippen LogP contribution in [-0.4, -0.2) is 22.1 Å². The van der Waals surface area contributed by atoms with Gasteiger partial charge < -0.3 is 9.16 Å². The van der Waals surface area contributed by atoms with Crippen LogP contribution in [0, 0.1) is 0 Å². The fourth-order valence-corrected chi connectivity index (χ4v) is 0.938. The standard InChI is InChI=1S/C6H12O3Si/c1-8-5-4-6(7)9-10(2)3/h4-5,10H,1-3H3. The molecule has 0 unspecified atom stereocenters. The molecule has 0 bridgehead atoms. The van der Waals surface area contributed by atoms with Gasteiger partial charge in [0.15, 0.2) is 0 Å². The molecule has 0 saturated carbocycles. The molecular weight excluding hydrogens is 148 g/mol. The molecule has 0 aliphatic carbocycles. The number of methoxy groups -OCH3 is 1. The minimum Gasteiger partial charge on any atom is -0.519 e. The van der Waals surface area contributed by atoms with Crippen molar-refractivity contribution in [2.45, 2.75) is 13.1 Å². The van der Waals surface area contributed by atoms with E-state index in [4.69, 9.17) is 4.43 Å². The quantitative estimate of drug-likeness (QED) is 0.346. The Bertz CT molecular complexity index is 131. The Morgan fingerprint density at radius 2 is 2.10 bits per heavy atom. The van der Waals surface area contributed by atoms with Crippen LogP contribution in [0.1, 0.15) is 0 Å². The van der Waals surface area contributed by atoms with Gasteiger partial charge in [0.25, 0.3) is 0 Å². The largest absolute Gasteiger partial charge is 0.519 e. The van der Waals surface area contributed by atoms with E-state index < -0.39 is 9.04 Å². The third-order valence-electron chi connectivity index (χ3n) is 0.692. The SMILES string of the molecule is COC=CC(=O)O[SiH](C)C. The Morgan fingerprint density at radius 3 is 2.50 bits per heavy atom. The maximum absolute atomic E-state index is 10.7. The zero-order valence-electron chi connectivity index (χ0n) is 6.46. The number of rotatable bonds is 3. The molecule has 10 heavy (non-hydrogen) atoms. The molecule has 3 nitrogen and oxygen atoms in total. The van der Waals surface area contributed by atoms with Gasteiger partial charge in [-0.05, 0) is 13.1 Å². The van der Waals surface area contributed by atoms with Crippen LogP contribution in [0.4, 0.5) is 0 Å². The summed E-state index contributed by atoms with van der Waals surface area (Å²) >= 11 is 0. The fourth-order valence-electron chi connectivity index (χ4n) is 0.395. The van der Waals surface area contributed by atoms with Crippen molar-refractivity contribution >= 4 is 15.0 Å². The maximum Gasteiger partial charge on any atom is 0.320 e. The highest BCUT2D eigenvalue weighted by atomic mass is 28.3. The summed E-state index contributed by atoms with van der Waals surface area (Å²) < 4.78 is 9.41. The predicted molar refractivity (Wildman–Crippen MR) is 41.1 cm³/mol. The van der Waals surface area contributed by atoms with E-state index in [1.54, 1.807) is 0 Å². The Morgan fingerprint density at radius 1 is 1.50 bits per heavy atom. The van der Waals surface area contributed by atoms with Gasteiger partial charge in [0.05, 0.1) is 19.4 Å². The monoisotopic (exact) mass is 160 g/mol. The van der Waals surface area contributed by atoms with E-state index in [-0.39, 0.29) is 5.97 Å². The summed E-state index contributed by atoms with van der Waals surface area (Å²) in [6.45, 7) is 3.86. The number of hydrogen-bond acceptors (Lipinski definition) is 3. The van der Waals surface area contributed by atoms with Gasteiger partial charge >= 0.3 is 5.97 Å². The average molecular weight is 160 g/mol. The number of ether oxygens (including phenoxy) is 1. The number of carbonyl (C=O) groups is 1. The zero-order chi connectivity index (χ0) is 7.98. The van der Waals surface area contributed by atoms with Gasteiger partial charge in [-0.2, -0.15) is 0 Å². The van der Waals surface area contributed by atoms with E-state index in [2.05, 4.69) is 4.74 Å². The lowest BCUT2D eigenvalue weighted by molar-refractivity contribution is -0.129. The summed E-state index contributed by atoms with van der Waals surface area (Å²) in [5.41, 5.74) is 0. The molecule has 0 fully saturated rings. The molecule has 0 saturated heterocycles. The van der Waals surface area contributed by atoms with Crippen LogP contribution < -0.4 is 0 Å². The molecular formula is C6H12O3Si. The minimum absolute atomic E-state index is 0.316. The molecule has 0 aliphatic heterocycles. The molecule has 4 heteroatoms. The smallest absolute Gasteiger partial charge is 0.320 e. The summed E-state index contributed by atoms with van der Waals surface area (Å²) in [4.78, 5) is 10.7. The first-order valence-electron chi connectivity index (χ1n) is 3.06. The van der Waals surface area contributed by atoms with Crippen LogP contribution >= 0.6 is 0 Å². The second-order valence-electron chi connectivity index (χ2n) is 2.02. The highest BCUT2D eigenvalue weighted by Gasteiger charge is 2.00. The number of carbonyl (C=O) groups excluding carboxylic acids is 1. The summed E-state index contributed by atoms with van der Waals surface area (Å²) in [5.74, 6) is -0.316. The van der Waals surface area contributed by atoms with Crippen molar-refractivity contribution in [1.29, 1.82) is 0 Å². The van der Waals surface area contributed by atoms with Crippen LogP contribution in [0.25, 0.3) is 0 Å². The Balaban J connectivity index is 3.54. The molecule has 0 N–H and O–H groups in total. The van der Waals surface area contributed by atoms with Crippen molar-refractivity contribution in [2.24, 2.45) is 0 Å². The molecule has 0 spiro atoms. The molecule has 0 aromatic carbocycles. The van der Waals surface area contributed by atoms with Crippen LogP contribution in [-0.2, 0) is 14.0 Å². The molecule has 0 aliphatic rings. The highest BCUT2D eigenvalue weighted by Crippen LogP contribution is 1.86. The van der Waals surface area contributed by atoms with E-state index in [9.17, 15) is 4.79 Å². The van der Waals surface area contributed by atoms with Crippen molar-refractivity contribution in [3.63, 3.8) is 0 Å². The van der Waals surface area contributed by atoms with Gasteiger partial charge in [0, 0.05) is 0 Å². The minimum atomic E-state index is -1.23. The van der Waals surface area contributed by atoms with Gasteiger partial charge in [0.2, 0.25) is 9.04 Å². The van der Waals surface area contributed by atoms with Crippen molar-refractivity contribution in [2.75, 3.05) is 7.11 Å². The van der Waals surface area contributed by atoms with Crippen LogP contribution in [0.15, 0.2) is 12.3 Å². The molecule has 0 amide bonds. The summed E-state index contributed by atoms with van der Waals surface area (Å²) in [5, 5.41) is 0. The Hall–Kier alpha value is -0.773.